The molecule has 1 amide bonds. The van der Waals surface area contributed by atoms with Crippen molar-refractivity contribution in [3.63, 3.8) is 0 Å². The summed E-state index contributed by atoms with van der Waals surface area (Å²) in [5, 5.41) is 11.6. The Morgan fingerprint density at radius 2 is 2.07 bits per heavy atom. The Morgan fingerprint density at radius 3 is 2.81 bits per heavy atom. The summed E-state index contributed by atoms with van der Waals surface area (Å²) >= 11 is 6.51. The maximum absolute atomic E-state index is 11.9. The predicted octanol–water partition coefficient (Wildman–Crippen LogP) is 3.40. The Morgan fingerprint density at radius 1 is 1.30 bits per heavy atom. The van der Waals surface area contributed by atoms with Crippen molar-refractivity contribution in [3.8, 4) is 11.5 Å². The van der Waals surface area contributed by atoms with E-state index in [9.17, 15) is 4.79 Å². The number of hydrogen-bond donors (Lipinski definition) is 1. The Bertz CT molecular complexity index is 904. The van der Waals surface area contributed by atoms with Crippen LogP contribution < -0.4 is 5.32 Å². The van der Waals surface area contributed by atoms with Gasteiger partial charge in [0, 0.05) is 6.54 Å². The SMILES string of the molecule is CCCCNC(=O)Cc1noc(-c2c(C)nn(Cc3ccccc3)c2Cl)n1. The van der Waals surface area contributed by atoms with Gasteiger partial charge in [-0.25, -0.2) is 4.68 Å². The fourth-order valence-corrected chi connectivity index (χ4v) is 3.01. The van der Waals surface area contributed by atoms with Crippen LogP contribution in [0.15, 0.2) is 34.9 Å². The average molecular weight is 388 g/mol. The molecule has 0 aliphatic carbocycles. The van der Waals surface area contributed by atoms with E-state index in [0.717, 1.165) is 18.4 Å². The summed E-state index contributed by atoms with van der Waals surface area (Å²) in [4.78, 5) is 16.2. The van der Waals surface area contributed by atoms with Gasteiger partial charge in [-0.15, -0.1) is 0 Å². The van der Waals surface area contributed by atoms with Gasteiger partial charge in [0.15, 0.2) is 5.82 Å². The molecule has 2 aromatic heterocycles. The van der Waals surface area contributed by atoms with Crippen molar-refractivity contribution >= 4 is 17.5 Å². The van der Waals surface area contributed by atoms with E-state index in [0.29, 0.717) is 35.3 Å². The summed E-state index contributed by atoms with van der Waals surface area (Å²) < 4.78 is 7.02. The van der Waals surface area contributed by atoms with Crippen molar-refractivity contribution < 1.29 is 9.32 Å². The van der Waals surface area contributed by atoms with Crippen molar-refractivity contribution in [1.29, 1.82) is 0 Å². The minimum absolute atomic E-state index is 0.0715. The summed E-state index contributed by atoms with van der Waals surface area (Å²) in [6, 6.07) is 9.92. The first-order valence-electron chi connectivity index (χ1n) is 8.95. The summed E-state index contributed by atoms with van der Waals surface area (Å²) in [5.74, 6) is 0.469. The average Bonchev–Trinajstić information content (AvgIpc) is 3.20. The van der Waals surface area contributed by atoms with Gasteiger partial charge in [-0.3, -0.25) is 4.79 Å². The molecule has 0 aliphatic rings. The number of aryl methyl sites for hydroxylation is 1. The topological polar surface area (TPSA) is 85.8 Å². The number of benzene rings is 1. The fourth-order valence-electron chi connectivity index (χ4n) is 2.70. The molecule has 0 atom stereocenters. The smallest absolute Gasteiger partial charge is 0.262 e. The highest BCUT2D eigenvalue weighted by atomic mass is 35.5. The number of rotatable bonds is 8. The molecule has 0 fully saturated rings. The van der Waals surface area contributed by atoms with Crippen LogP contribution in [-0.4, -0.2) is 32.4 Å². The van der Waals surface area contributed by atoms with Crippen LogP contribution in [-0.2, 0) is 17.8 Å². The van der Waals surface area contributed by atoms with E-state index in [-0.39, 0.29) is 18.2 Å². The lowest BCUT2D eigenvalue weighted by Gasteiger charge is -2.03. The summed E-state index contributed by atoms with van der Waals surface area (Å²) in [6.07, 6.45) is 2.04. The second kappa shape index (κ2) is 8.81. The van der Waals surface area contributed by atoms with Gasteiger partial charge in [0.1, 0.15) is 5.15 Å². The van der Waals surface area contributed by atoms with Crippen LogP contribution in [0.5, 0.6) is 0 Å². The van der Waals surface area contributed by atoms with Crippen LogP contribution in [0.25, 0.3) is 11.5 Å². The first kappa shape index (κ1) is 19.1. The molecule has 8 heteroatoms. The van der Waals surface area contributed by atoms with Crippen LogP contribution in [0.3, 0.4) is 0 Å². The molecule has 142 valence electrons. The van der Waals surface area contributed by atoms with Gasteiger partial charge >= 0.3 is 0 Å². The lowest BCUT2D eigenvalue weighted by atomic mass is 10.2. The van der Waals surface area contributed by atoms with Crippen molar-refractivity contribution in [2.24, 2.45) is 0 Å². The van der Waals surface area contributed by atoms with Gasteiger partial charge in [0.2, 0.25) is 5.91 Å². The normalized spacial score (nSPS) is 10.9. The molecule has 1 N–H and O–H groups in total. The van der Waals surface area contributed by atoms with Crippen molar-refractivity contribution in [2.45, 2.75) is 39.7 Å². The molecule has 0 spiro atoms. The van der Waals surface area contributed by atoms with Gasteiger partial charge in [0.05, 0.1) is 24.2 Å². The minimum atomic E-state index is -0.126. The Labute approximate surface area is 162 Å². The molecular weight excluding hydrogens is 366 g/mol. The third kappa shape index (κ3) is 4.74. The van der Waals surface area contributed by atoms with E-state index in [1.807, 2.05) is 37.3 Å². The molecule has 27 heavy (non-hydrogen) atoms. The molecule has 2 heterocycles. The van der Waals surface area contributed by atoms with Crippen LogP contribution in [0.2, 0.25) is 5.15 Å². The zero-order chi connectivity index (χ0) is 19.2. The van der Waals surface area contributed by atoms with E-state index < -0.39 is 0 Å². The fraction of sp³-hybridized carbons (Fsp3) is 0.368. The largest absolute Gasteiger partial charge is 0.356 e. The van der Waals surface area contributed by atoms with Gasteiger partial charge in [-0.05, 0) is 18.9 Å². The van der Waals surface area contributed by atoms with Gasteiger partial charge in [-0.1, -0.05) is 60.4 Å². The van der Waals surface area contributed by atoms with E-state index in [4.69, 9.17) is 16.1 Å². The number of hydrogen-bond acceptors (Lipinski definition) is 5. The number of unbranched alkanes of at least 4 members (excludes halogenated alkanes) is 1. The molecule has 0 saturated heterocycles. The van der Waals surface area contributed by atoms with Gasteiger partial charge in [0.25, 0.3) is 5.89 Å². The minimum Gasteiger partial charge on any atom is -0.356 e. The predicted molar refractivity (Wildman–Crippen MR) is 102 cm³/mol. The molecule has 0 aliphatic heterocycles. The summed E-state index contributed by atoms with van der Waals surface area (Å²) in [6.45, 7) is 5.10. The third-order valence-electron chi connectivity index (χ3n) is 4.09. The van der Waals surface area contributed by atoms with Crippen LogP contribution in [0.1, 0.15) is 36.8 Å². The first-order chi connectivity index (χ1) is 13.1. The molecule has 0 saturated carbocycles. The molecule has 3 aromatic rings. The zero-order valence-corrected chi connectivity index (χ0v) is 16.2. The standard InChI is InChI=1S/C19H22ClN5O2/c1-3-4-10-21-16(26)11-15-22-19(27-24-15)17-13(2)23-25(18(17)20)12-14-8-6-5-7-9-14/h5-9H,3-4,10-12H2,1-2H3,(H,21,26). The number of carbonyl (C=O) groups excluding carboxylic acids is 1. The van der Waals surface area contributed by atoms with Crippen molar-refractivity contribution in [3.05, 3.63) is 52.6 Å². The molecule has 0 radical (unpaired) electrons. The second-order valence-electron chi connectivity index (χ2n) is 6.29. The highest BCUT2D eigenvalue weighted by molar-refractivity contribution is 6.32. The van der Waals surface area contributed by atoms with Crippen LogP contribution >= 0.6 is 11.6 Å². The number of amides is 1. The highest BCUT2D eigenvalue weighted by Gasteiger charge is 2.21. The lowest BCUT2D eigenvalue weighted by Crippen LogP contribution is -2.26. The maximum atomic E-state index is 11.9. The Kier molecular flexibility index (Phi) is 6.24. The Balaban J connectivity index is 1.73. The van der Waals surface area contributed by atoms with E-state index in [2.05, 4.69) is 27.5 Å². The molecule has 1 aromatic carbocycles. The quantitative estimate of drug-likeness (QED) is 0.598. The number of nitrogens with zero attached hydrogens (tertiary/aromatic N) is 4. The van der Waals surface area contributed by atoms with E-state index in [1.165, 1.54) is 0 Å². The van der Waals surface area contributed by atoms with Crippen molar-refractivity contribution in [2.75, 3.05) is 6.54 Å². The number of aromatic nitrogens is 4. The van der Waals surface area contributed by atoms with Crippen molar-refractivity contribution in [1.82, 2.24) is 25.2 Å². The molecular formula is C19H22ClN5O2. The summed E-state index contributed by atoms with van der Waals surface area (Å²) in [5.41, 5.74) is 2.37. The van der Waals surface area contributed by atoms with Crippen LogP contribution in [0, 0.1) is 6.92 Å². The lowest BCUT2D eigenvalue weighted by molar-refractivity contribution is -0.120. The Hall–Kier alpha value is -2.67. The van der Waals surface area contributed by atoms with E-state index in [1.54, 1.807) is 4.68 Å². The van der Waals surface area contributed by atoms with Gasteiger partial charge < -0.3 is 9.84 Å². The monoisotopic (exact) mass is 387 g/mol. The van der Waals surface area contributed by atoms with E-state index >= 15 is 0 Å². The zero-order valence-electron chi connectivity index (χ0n) is 15.4. The molecule has 3 rings (SSSR count). The second-order valence-corrected chi connectivity index (χ2v) is 6.65. The molecule has 0 unspecified atom stereocenters. The molecule has 0 bridgehead atoms. The number of carbonyl (C=O) groups is 1. The maximum Gasteiger partial charge on any atom is 0.262 e. The van der Waals surface area contributed by atoms with Crippen LogP contribution in [0.4, 0.5) is 0 Å². The number of nitrogens with one attached hydrogen (secondary N) is 1. The van der Waals surface area contributed by atoms with Gasteiger partial charge in [-0.2, -0.15) is 10.1 Å². The summed E-state index contributed by atoms with van der Waals surface area (Å²) in [7, 11) is 0. The third-order valence-corrected chi connectivity index (χ3v) is 4.48. The highest BCUT2D eigenvalue weighted by Crippen LogP contribution is 2.30. The first-order valence-corrected chi connectivity index (χ1v) is 9.32. The number of halogens is 1. The molecule has 7 nitrogen and oxygen atoms in total.